The van der Waals surface area contributed by atoms with Gasteiger partial charge in [0.1, 0.15) is 6.07 Å². The molecule has 0 saturated heterocycles. The molecule has 11 heteroatoms. The standard InChI is InChI=1S/C16H13F6N5/c17-15(18,19)10-4-3-9(11(6-10)16(20,21)22)8-27-5-1-2-13(27)14(24)12(7-23)26-25/h1-6,26H,8,24-25H2/b14-12-. The van der Waals surface area contributed by atoms with Gasteiger partial charge in [-0.05, 0) is 29.8 Å². The van der Waals surface area contributed by atoms with Crippen molar-refractivity contribution < 1.29 is 26.3 Å². The fourth-order valence-electron chi connectivity index (χ4n) is 2.43. The molecule has 0 bridgehead atoms. The Balaban J connectivity index is 2.53. The molecule has 0 radical (unpaired) electrons. The van der Waals surface area contributed by atoms with Gasteiger partial charge in [0.25, 0.3) is 0 Å². The Kier molecular flexibility index (Phi) is 5.41. The monoisotopic (exact) mass is 389 g/mol. The first kappa shape index (κ1) is 20.2. The molecule has 0 fully saturated rings. The fourth-order valence-corrected chi connectivity index (χ4v) is 2.43. The summed E-state index contributed by atoms with van der Waals surface area (Å²) in [6, 6.07) is 6.00. The zero-order chi connectivity index (χ0) is 20.4. The lowest BCUT2D eigenvalue weighted by Gasteiger charge is -2.18. The predicted octanol–water partition coefficient (Wildman–Crippen LogP) is 3.19. The van der Waals surface area contributed by atoms with Crippen LogP contribution in [-0.4, -0.2) is 4.57 Å². The van der Waals surface area contributed by atoms with Crippen LogP contribution in [-0.2, 0) is 18.9 Å². The van der Waals surface area contributed by atoms with Crippen molar-refractivity contribution in [1.82, 2.24) is 9.99 Å². The fraction of sp³-hybridized carbons (Fsp3) is 0.188. The van der Waals surface area contributed by atoms with Crippen LogP contribution in [0.5, 0.6) is 0 Å². The minimum Gasteiger partial charge on any atom is -0.395 e. The van der Waals surface area contributed by atoms with Gasteiger partial charge in [0.05, 0.1) is 22.5 Å². The molecule has 2 aromatic rings. The molecule has 5 N–H and O–H groups in total. The van der Waals surface area contributed by atoms with Crippen LogP contribution in [0.25, 0.3) is 5.70 Å². The Morgan fingerprint density at radius 2 is 1.78 bits per heavy atom. The minimum absolute atomic E-state index is 0.0693. The molecule has 0 spiro atoms. The molecular formula is C16H13F6N5. The molecule has 0 saturated carbocycles. The molecule has 5 nitrogen and oxygen atoms in total. The van der Waals surface area contributed by atoms with E-state index in [2.05, 4.69) is 5.43 Å². The zero-order valence-electron chi connectivity index (χ0n) is 13.5. The highest BCUT2D eigenvalue weighted by molar-refractivity contribution is 5.66. The van der Waals surface area contributed by atoms with E-state index >= 15 is 0 Å². The van der Waals surface area contributed by atoms with Crippen molar-refractivity contribution in [2.24, 2.45) is 11.6 Å². The molecule has 1 aromatic carbocycles. The summed E-state index contributed by atoms with van der Waals surface area (Å²) in [5.74, 6) is 5.16. The van der Waals surface area contributed by atoms with Gasteiger partial charge in [0.15, 0.2) is 5.70 Å². The van der Waals surface area contributed by atoms with E-state index in [4.69, 9.17) is 16.8 Å². The second-order valence-electron chi connectivity index (χ2n) is 5.43. The summed E-state index contributed by atoms with van der Waals surface area (Å²) in [5, 5.41) is 8.94. The first-order chi connectivity index (χ1) is 12.5. The first-order valence-corrected chi connectivity index (χ1v) is 7.28. The quantitative estimate of drug-likeness (QED) is 0.324. The van der Waals surface area contributed by atoms with Crippen molar-refractivity contribution >= 4 is 5.70 Å². The van der Waals surface area contributed by atoms with Crippen molar-refractivity contribution in [3.8, 4) is 6.07 Å². The summed E-state index contributed by atoms with van der Waals surface area (Å²) >= 11 is 0. The van der Waals surface area contributed by atoms with E-state index in [1.165, 1.54) is 22.9 Å². The number of nitrogens with zero attached hydrogens (tertiary/aromatic N) is 2. The van der Waals surface area contributed by atoms with Crippen LogP contribution in [0.15, 0.2) is 42.2 Å². The highest BCUT2D eigenvalue weighted by Crippen LogP contribution is 2.37. The topological polar surface area (TPSA) is 92.8 Å². The van der Waals surface area contributed by atoms with E-state index in [0.29, 0.717) is 6.07 Å². The normalized spacial score (nSPS) is 13.1. The number of aromatic nitrogens is 1. The number of nitriles is 1. The van der Waals surface area contributed by atoms with Crippen LogP contribution in [0, 0.1) is 11.3 Å². The molecule has 27 heavy (non-hydrogen) atoms. The number of halogens is 6. The van der Waals surface area contributed by atoms with E-state index in [1.54, 1.807) is 6.07 Å². The average Bonchev–Trinajstić information content (AvgIpc) is 3.02. The van der Waals surface area contributed by atoms with Crippen LogP contribution < -0.4 is 17.0 Å². The highest BCUT2D eigenvalue weighted by atomic mass is 19.4. The third-order valence-corrected chi connectivity index (χ3v) is 3.71. The average molecular weight is 389 g/mol. The number of nitrogens with two attached hydrogens (primary N) is 2. The summed E-state index contributed by atoms with van der Waals surface area (Å²) < 4.78 is 79.3. The number of allylic oxidation sites excluding steroid dienone is 1. The van der Waals surface area contributed by atoms with Crippen LogP contribution in [0.4, 0.5) is 26.3 Å². The Bertz CT molecular complexity index is 901. The van der Waals surface area contributed by atoms with Gasteiger partial charge in [-0.2, -0.15) is 31.6 Å². The molecule has 1 aromatic heterocycles. The number of alkyl halides is 6. The molecule has 0 unspecified atom stereocenters. The van der Waals surface area contributed by atoms with Crippen molar-refractivity contribution in [2.75, 3.05) is 0 Å². The maximum atomic E-state index is 13.3. The summed E-state index contributed by atoms with van der Waals surface area (Å²) in [4.78, 5) is 0. The molecular weight excluding hydrogens is 376 g/mol. The second-order valence-corrected chi connectivity index (χ2v) is 5.43. The van der Waals surface area contributed by atoms with Crippen molar-refractivity contribution in [2.45, 2.75) is 18.9 Å². The van der Waals surface area contributed by atoms with Gasteiger partial charge in [-0.3, -0.25) is 0 Å². The Morgan fingerprint density at radius 3 is 2.30 bits per heavy atom. The number of hydrazine groups is 1. The van der Waals surface area contributed by atoms with Crippen molar-refractivity contribution in [3.05, 3.63) is 64.6 Å². The molecule has 1 heterocycles. The van der Waals surface area contributed by atoms with Gasteiger partial charge < -0.3 is 15.7 Å². The molecule has 144 valence electrons. The lowest BCUT2D eigenvalue weighted by molar-refractivity contribution is -0.143. The van der Waals surface area contributed by atoms with Gasteiger partial charge in [-0.15, -0.1) is 0 Å². The highest BCUT2D eigenvalue weighted by Gasteiger charge is 2.38. The lowest BCUT2D eigenvalue weighted by atomic mass is 10.0. The molecule has 0 amide bonds. The number of benzene rings is 1. The number of rotatable bonds is 4. The Labute approximate surface area is 149 Å². The minimum atomic E-state index is -4.98. The second kappa shape index (κ2) is 7.24. The number of hydrogen-bond donors (Lipinski definition) is 3. The largest absolute Gasteiger partial charge is 0.416 e. The molecule has 0 aliphatic heterocycles. The molecule has 0 aliphatic carbocycles. The summed E-state index contributed by atoms with van der Waals surface area (Å²) in [6.07, 6.45) is -8.51. The number of hydrogen-bond acceptors (Lipinski definition) is 4. The van der Waals surface area contributed by atoms with E-state index in [-0.39, 0.29) is 28.7 Å². The van der Waals surface area contributed by atoms with Gasteiger partial charge in [-0.25, -0.2) is 5.84 Å². The SMILES string of the molecule is N#C/C(NN)=C(/N)c1cccn1Cc1ccc(C(F)(F)F)cc1C(F)(F)F. The van der Waals surface area contributed by atoms with Crippen LogP contribution >= 0.6 is 0 Å². The smallest absolute Gasteiger partial charge is 0.395 e. The van der Waals surface area contributed by atoms with E-state index in [0.717, 1.165) is 6.07 Å². The molecule has 0 aliphatic rings. The summed E-state index contributed by atoms with van der Waals surface area (Å²) in [5.41, 5.74) is 4.51. The van der Waals surface area contributed by atoms with Gasteiger partial charge in [-0.1, -0.05) is 6.07 Å². The van der Waals surface area contributed by atoms with E-state index in [1.807, 2.05) is 0 Å². The van der Waals surface area contributed by atoms with Crippen LogP contribution in [0.1, 0.15) is 22.4 Å². The maximum Gasteiger partial charge on any atom is 0.416 e. The number of nitrogens with one attached hydrogen (secondary N) is 1. The van der Waals surface area contributed by atoms with Crippen molar-refractivity contribution in [3.63, 3.8) is 0 Å². The predicted molar refractivity (Wildman–Crippen MR) is 84.0 cm³/mol. The zero-order valence-corrected chi connectivity index (χ0v) is 13.5. The third kappa shape index (κ3) is 4.35. The van der Waals surface area contributed by atoms with Crippen LogP contribution in [0.3, 0.4) is 0 Å². The summed E-state index contributed by atoms with van der Waals surface area (Å²) in [7, 11) is 0. The van der Waals surface area contributed by atoms with Gasteiger partial charge in [0, 0.05) is 12.7 Å². The van der Waals surface area contributed by atoms with Crippen LogP contribution in [0.2, 0.25) is 0 Å². The van der Waals surface area contributed by atoms with Gasteiger partial charge >= 0.3 is 12.4 Å². The van der Waals surface area contributed by atoms with E-state index in [9.17, 15) is 26.3 Å². The lowest BCUT2D eigenvalue weighted by Crippen LogP contribution is -2.24. The van der Waals surface area contributed by atoms with Gasteiger partial charge in [0.2, 0.25) is 0 Å². The molecule has 2 rings (SSSR count). The van der Waals surface area contributed by atoms with E-state index < -0.39 is 30.0 Å². The Hall–Kier alpha value is -3.13. The third-order valence-electron chi connectivity index (χ3n) is 3.71. The Morgan fingerprint density at radius 1 is 1.11 bits per heavy atom. The molecule has 0 atom stereocenters. The maximum absolute atomic E-state index is 13.3. The van der Waals surface area contributed by atoms with Crippen molar-refractivity contribution in [1.29, 1.82) is 5.26 Å². The summed E-state index contributed by atoms with van der Waals surface area (Å²) in [6.45, 7) is -0.417. The first-order valence-electron chi connectivity index (χ1n) is 7.28.